The van der Waals surface area contributed by atoms with Crippen molar-refractivity contribution in [1.82, 2.24) is 0 Å². The summed E-state index contributed by atoms with van der Waals surface area (Å²) < 4.78 is 29.2. The molecule has 108 valence electrons. The lowest BCUT2D eigenvalue weighted by Gasteiger charge is -2.06. The Morgan fingerprint density at radius 3 is 2.10 bits per heavy atom. The fourth-order valence-corrected chi connectivity index (χ4v) is 2.52. The van der Waals surface area contributed by atoms with Gasteiger partial charge in [-0.2, -0.15) is 0 Å². The normalized spacial score (nSPS) is 11.4. The molecule has 0 bridgehead atoms. The smallest absolute Gasteiger partial charge is 0.329 e. The van der Waals surface area contributed by atoms with E-state index in [0.29, 0.717) is 23.0 Å². The number of ether oxygens (including phenoxy) is 1. The standard InChI is InChI=1S/C15H12O5S/c16-15(17)10-11-21(18,19)14-8-6-13(7-9-14)20-12-4-2-1-3-5-12/h1-11H,(H,16,17)/b11-10+. The summed E-state index contributed by atoms with van der Waals surface area (Å²) >= 11 is 0. The summed E-state index contributed by atoms with van der Waals surface area (Å²) in [6, 6.07) is 14.8. The summed E-state index contributed by atoms with van der Waals surface area (Å²) in [5.41, 5.74) is 0. The lowest BCUT2D eigenvalue weighted by Crippen LogP contribution is -1.98. The van der Waals surface area contributed by atoms with Gasteiger partial charge in [-0.15, -0.1) is 0 Å². The van der Waals surface area contributed by atoms with E-state index >= 15 is 0 Å². The number of rotatable bonds is 5. The van der Waals surface area contributed by atoms with E-state index in [2.05, 4.69) is 0 Å². The minimum absolute atomic E-state index is 0.000381. The molecule has 2 aromatic carbocycles. The van der Waals surface area contributed by atoms with Crippen molar-refractivity contribution < 1.29 is 23.1 Å². The third-order valence-corrected chi connectivity index (χ3v) is 3.94. The molecule has 0 fully saturated rings. The zero-order chi connectivity index (χ0) is 15.3. The average molecular weight is 304 g/mol. The molecule has 0 amide bonds. The van der Waals surface area contributed by atoms with Crippen molar-refractivity contribution in [3.8, 4) is 11.5 Å². The Hall–Kier alpha value is -2.60. The van der Waals surface area contributed by atoms with Crippen molar-refractivity contribution >= 4 is 15.8 Å². The second-order valence-corrected chi connectivity index (χ2v) is 5.91. The SMILES string of the molecule is O=C(O)/C=C/S(=O)(=O)c1ccc(Oc2ccccc2)cc1. The molecule has 21 heavy (non-hydrogen) atoms. The summed E-state index contributed by atoms with van der Waals surface area (Å²) in [4.78, 5) is 10.4. The van der Waals surface area contributed by atoms with Crippen molar-refractivity contribution in [3.63, 3.8) is 0 Å². The van der Waals surface area contributed by atoms with E-state index in [1.165, 1.54) is 24.3 Å². The van der Waals surface area contributed by atoms with Crippen molar-refractivity contribution in [1.29, 1.82) is 0 Å². The number of carboxylic acids is 1. The molecule has 0 saturated carbocycles. The number of benzene rings is 2. The zero-order valence-electron chi connectivity index (χ0n) is 10.8. The van der Waals surface area contributed by atoms with Crippen LogP contribution < -0.4 is 4.74 Å². The maximum atomic E-state index is 11.8. The van der Waals surface area contributed by atoms with Crippen LogP contribution in [0, 0.1) is 0 Å². The Balaban J connectivity index is 2.17. The average Bonchev–Trinajstić information content (AvgIpc) is 2.47. The van der Waals surface area contributed by atoms with E-state index in [0.717, 1.165) is 0 Å². The fraction of sp³-hybridized carbons (Fsp3) is 0. The first-order valence-electron chi connectivity index (χ1n) is 5.96. The molecule has 0 unspecified atom stereocenters. The van der Waals surface area contributed by atoms with Gasteiger partial charge >= 0.3 is 5.97 Å². The maximum Gasteiger partial charge on any atom is 0.329 e. The van der Waals surface area contributed by atoms with Gasteiger partial charge in [0.25, 0.3) is 0 Å². The van der Waals surface area contributed by atoms with Crippen LogP contribution in [0.25, 0.3) is 0 Å². The highest BCUT2D eigenvalue weighted by Crippen LogP contribution is 2.23. The van der Waals surface area contributed by atoms with Crippen LogP contribution in [0.15, 0.2) is 71.0 Å². The topological polar surface area (TPSA) is 80.7 Å². The molecule has 1 N–H and O–H groups in total. The van der Waals surface area contributed by atoms with Gasteiger partial charge in [0, 0.05) is 11.5 Å². The molecular weight excluding hydrogens is 292 g/mol. The van der Waals surface area contributed by atoms with Crippen LogP contribution in [0.3, 0.4) is 0 Å². The monoisotopic (exact) mass is 304 g/mol. The second kappa shape index (κ2) is 6.23. The minimum atomic E-state index is -3.76. The molecule has 0 heterocycles. The second-order valence-electron chi connectivity index (χ2n) is 4.07. The van der Waals surface area contributed by atoms with Gasteiger partial charge in [0.05, 0.1) is 4.90 Å². The number of sulfone groups is 1. The van der Waals surface area contributed by atoms with Crippen LogP contribution in [0.1, 0.15) is 0 Å². The first-order chi connectivity index (χ1) is 9.97. The van der Waals surface area contributed by atoms with Crippen LogP contribution in [0.4, 0.5) is 0 Å². The van der Waals surface area contributed by atoms with Crippen LogP contribution >= 0.6 is 0 Å². The van der Waals surface area contributed by atoms with E-state index in [4.69, 9.17) is 9.84 Å². The third kappa shape index (κ3) is 4.19. The molecule has 0 radical (unpaired) electrons. The molecule has 0 saturated heterocycles. The molecule has 0 aliphatic carbocycles. The van der Waals surface area contributed by atoms with Gasteiger partial charge < -0.3 is 9.84 Å². The summed E-state index contributed by atoms with van der Waals surface area (Å²) in [6.45, 7) is 0. The molecule has 2 rings (SSSR count). The van der Waals surface area contributed by atoms with Crippen molar-refractivity contribution in [2.45, 2.75) is 4.90 Å². The number of carboxylic acid groups (broad SMARTS) is 1. The quantitative estimate of drug-likeness (QED) is 0.859. The molecule has 0 atom stereocenters. The highest BCUT2D eigenvalue weighted by atomic mass is 32.2. The highest BCUT2D eigenvalue weighted by molar-refractivity contribution is 7.94. The first kappa shape index (κ1) is 14.8. The highest BCUT2D eigenvalue weighted by Gasteiger charge is 2.11. The summed E-state index contributed by atoms with van der Waals surface area (Å²) in [7, 11) is -3.76. The lowest BCUT2D eigenvalue weighted by atomic mass is 10.3. The predicted octanol–water partition coefficient (Wildman–Crippen LogP) is 2.85. The van der Waals surface area contributed by atoms with E-state index in [1.54, 1.807) is 12.1 Å². The molecule has 0 aliphatic rings. The van der Waals surface area contributed by atoms with Gasteiger partial charge in [-0.1, -0.05) is 18.2 Å². The third-order valence-electron chi connectivity index (χ3n) is 2.52. The lowest BCUT2D eigenvalue weighted by molar-refractivity contribution is -0.131. The fourth-order valence-electron chi connectivity index (χ4n) is 1.55. The number of hydrogen-bond acceptors (Lipinski definition) is 4. The summed E-state index contributed by atoms with van der Waals surface area (Å²) in [5.74, 6) is -0.191. The van der Waals surface area contributed by atoms with Crippen LogP contribution in [0.2, 0.25) is 0 Å². The van der Waals surface area contributed by atoms with Gasteiger partial charge in [0.2, 0.25) is 0 Å². The van der Waals surface area contributed by atoms with Gasteiger partial charge in [0.15, 0.2) is 9.84 Å². The molecule has 0 aliphatic heterocycles. The van der Waals surface area contributed by atoms with Crippen LogP contribution in [0.5, 0.6) is 11.5 Å². The summed E-state index contributed by atoms with van der Waals surface area (Å²) in [5, 5.41) is 9.12. The number of carbonyl (C=O) groups is 1. The zero-order valence-corrected chi connectivity index (χ0v) is 11.7. The Morgan fingerprint density at radius 1 is 0.952 bits per heavy atom. The molecule has 5 nitrogen and oxygen atoms in total. The van der Waals surface area contributed by atoms with E-state index in [1.807, 2.05) is 18.2 Å². The molecule has 6 heteroatoms. The first-order valence-corrected chi connectivity index (χ1v) is 7.51. The molecular formula is C15H12O5S. The maximum absolute atomic E-state index is 11.8. The number of aliphatic carboxylic acids is 1. The Morgan fingerprint density at radius 2 is 1.52 bits per heavy atom. The van der Waals surface area contributed by atoms with Gasteiger partial charge in [-0.25, -0.2) is 13.2 Å². The van der Waals surface area contributed by atoms with Gasteiger partial charge in [-0.05, 0) is 36.4 Å². The molecule has 0 aromatic heterocycles. The molecule has 0 spiro atoms. The minimum Gasteiger partial charge on any atom is -0.478 e. The van der Waals surface area contributed by atoms with Crippen LogP contribution in [-0.2, 0) is 14.6 Å². The van der Waals surface area contributed by atoms with E-state index in [9.17, 15) is 13.2 Å². The van der Waals surface area contributed by atoms with Gasteiger partial charge in [0.1, 0.15) is 11.5 Å². The Bertz CT molecular complexity index is 746. The Kier molecular flexibility index (Phi) is 4.39. The van der Waals surface area contributed by atoms with E-state index < -0.39 is 15.8 Å². The predicted molar refractivity (Wildman–Crippen MR) is 76.9 cm³/mol. The van der Waals surface area contributed by atoms with Crippen molar-refractivity contribution in [3.05, 3.63) is 66.1 Å². The van der Waals surface area contributed by atoms with Crippen molar-refractivity contribution in [2.75, 3.05) is 0 Å². The number of hydrogen-bond donors (Lipinski definition) is 1. The van der Waals surface area contributed by atoms with Gasteiger partial charge in [-0.3, -0.25) is 0 Å². The summed E-state index contributed by atoms with van der Waals surface area (Å²) in [6.07, 6.45) is 0.587. The Labute approximate surface area is 122 Å². The van der Waals surface area contributed by atoms with E-state index in [-0.39, 0.29) is 4.90 Å². The number of para-hydroxylation sites is 1. The molecule has 2 aromatic rings. The van der Waals surface area contributed by atoms with Crippen molar-refractivity contribution in [2.24, 2.45) is 0 Å². The van der Waals surface area contributed by atoms with Crippen LogP contribution in [-0.4, -0.2) is 19.5 Å². The largest absolute Gasteiger partial charge is 0.478 e.